The van der Waals surface area contributed by atoms with Gasteiger partial charge in [0.25, 0.3) is 0 Å². The molecule has 142 valence electrons. The molecule has 3 fully saturated rings. The van der Waals surface area contributed by atoms with Crippen molar-refractivity contribution in [2.45, 2.75) is 38.2 Å². The summed E-state index contributed by atoms with van der Waals surface area (Å²) in [7, 11) is 0. The average Bonchev–Trinajstić information content (AvgIpc) is 3.06. The number of amides is 1. The van der Waals surface area contributed by atoms with Gasteiger partial charge in [0.15, 0.2) is 0 Å². The number of nitrogens with one attached hydrogen (secondary N) is 1. The van der Waals surface area contributed by atoms with Gasteiger partial charge in [-0.2, -0.15) is 0 Å². The lowest BCUT2D eigenvalue weighted by Crippen LogP contribution is -2.67. The van der Waals surface area contributed by atoms with Gasteiger partial charge < -0.3 is 19.7 Å². The molecule has 0 radical (unpaired) electrons. The molecule has 4 heterocycles. The second-order valence-corrected chi connectivity index (χ2v) is 7.78. The first-order valence-electron chi connectivity index (χ1n) is 9.69. The fourth-order valence-electron chi connectivity index (χ4n) is 4.34. The van der Waals surface area contributed by atoms with Gasteiger partial charge in [-0.3, -0.25) is 4.79 Å². The predicted octanol–water partition coefficient (Wildman–Crippen LogP) is 1.63. The summed E-state index contributed by atoms with van der Waals surface area (Å²) in [6.45, 7) is 6.51. The molecule has 0 unspecified atom stereocenters. The molecule has 1 amide bonds. The lowest BCUT2D eigenvalue weighted by Gasteiger charge is -2.51. The molecule has 4 rings (SSSR count). The summed E-state index contributed by atoms with van der Waals surface area (Å²) in [6.07, 6.45) is 7.43. The summed E-state index contributed by atoms with van der Waals surface area (Å²) in [5, 5.41) is 3.30. The number of hydrogen-bond acceptors (Lipinski definition) is 6. The van der Waals surface area contributed by atoms with Crippen LogP contribution in [0.2, 0.25) is 0 Å². The minimum Gasteiger partial charge on any atom is -0.381 e. The number of carbonyl (C=O) groups excluding carboxylic acids is 1. The third-order valence-electron chi connectivity index (χ3n) is 5.96. The van der Waals surface area contributed by atoms with E-state index in [0.29, 0.717) is 31.0 Å². The fraction of sp³-hybridized carbons (Fsp3) is 0.737. The number of nitrogens with zero attached hydrogens (tertiary/aromatic N) is 3. The van der Waals surface area contributed by atoms with Crippen LogP contribution in [-0.2, 0) is 14.3 Å². The topological polar surface area (TPSA) is 76.6 Å². The molecule has 3 saturated heterocycles. The fourth-order valence-corrected chi connectivity index (χ4v) is 4.34. The zero-order valence-corrected chi connectivity index (χ0v) is 15.4. The van der Waals surface area contributed by atoms with E-state index in [1.165, 1.54) is 0 Å². The van der Waals surface area contributed by atoms with Crippen LogP contribution in [0.25, 0.3) is 0 Å². The maximum atomic E-state index is 12.6. The molecule has 1 spiro atoms. The van der Waals surface area contributed by atoms with Crippen LogP contribution in [0.1, 0.15) is 31.2 Å². The third kappa shape index (κ3) is 3.55. The van der Waals surface area contributed by atoms with Crippen LogP contribution in [0.5, 0.6) is 0 Å². The van der Waals surface area contributed by atoms with Crippen molar-refractivity contribution in [1.82, 2.24) is 14.9 Å². The molecule has 0 aliphatic carbocycles. The number of aromatic nitrogens is 2. The Balaban J connectivity index is 1.26. The Bertz CT molecular complexity index is 624. The van der Waals surface area contributed by atoms with E-state index in [1.807, 2.05) is 24.2 Å². The Kier molecular flexibility index (Phi) is 5.09. The third-order valence-corrected chi connectivity index (χ3v) is 5.96. The van der Waals surface area contributed by atoms with Crippen molar-refractivity contribution in [2.75, 3.05) is 44.8 Å². The van der Waals surface area contributed by atoms with Crippen LogP contribution < -0.4 is 5.32 Å². The highest BCUT2D eigenvalue weighted by Crippen LogP contribution is 2.42. The molecule has 7 nitrogen and oxygen atoms in total. The van der Waals surface area contributed by atoms with E-state index in [9.17, 15) is 4.79 Å². The summed E-state index contributed by atoms with van der Waals surface area (Å²) in [5.41, 5.74) is 0.929. The van der Waals surface area contributed by atoms with Gasteiger partial charge in [0.05, 0.1) is 13.1 Å². The first-order valence-corrected chi connectivity index (χ1v) is 9.69. The number of ether oxygens (including phenoxy) is 2. The van der Waals surface area contributed by atoms with Crippen LogP contribution in [0.15, 0.2) is 12.4 Å². The van der Waals surface area contributed by atoms with Gasteiger partial charge in [0.2, 0.25) is 11.9 Å². The number of carbonyl (C=O) groups is 1. The van der Waals surface area contributed by atoms with Crippen LogP contribution in [-0.4, -0.2) is 65.8 Å². The molecule has 1 atom stereocenters. The van der Waals surface area contributed by atoms with E-state index >= 15 is 0 Å². The number of likely N-dealkylation sites (tertiary alicyclic amines) is 1. The van der Waals surface area contributed by atoms with E-state index in [0.717, 1.165) is 57.5 Å². The molecule has 1 aromatic heterocycles. The van der Waals surface area contributed by atoms with Gasteiger partial charge in [0.1, 0.15) is 5.60 Å². The minimum atomic E-state index is -0.128. The largest absolute Gasteiger partial charge is 0.381 e. The minimum absolute atomic E-state index is 0.128. The highest BCUT2D eigenvalue weighted by atomic mass is 16.5. The van der Waals surface area contributed by atoms with E-state index < -0.39 is 0 Å². The summed E-state index contributed by atoms with van der Waals surface area (Å²) in [6, 6.07) is 0. The van der Waals surface area contributed by atoms with Crippen molar-refractivity contribution < 1.29 is 14.3 Å². The van der Waals surface area contributed by atoms with Gasteiger partial charge in [0, 0.05) is 44.7 Å². The maximum absolute atomic E-state index is 12.6. The monoisotopic (exact) mass is 360 g/mol. The Labute approximate surface area is 154 Å². The molecule has 26 heavy (non-hydrogen) atoms. The van der Waals surface area contributed by atoms with E-state index in [2.05, 4.69) is 15.3 Å². The molecular weight excluding hydrogens is 332 g/mol. The Morgan fingerprint density at radius 2 is 1.96 bits per heavy atom. The lowest BCUT2D eigenvalue weighted by atomic mass is 9.78. The normalized spacial score (nSPS) is 25.3. The van der Waals surface area contributed by atoms with Crippen LogP contribution in [0.3, 0.4) is 0 Å². The summed E-state index contributed by atoms with van der Waals surface area (Å²) < 4.78 is 11.5. The zero-order chi connectivity index (χ0) is 18.0. The smallest absolute Gasteiger partial charge is 0.226 e. The molecule has 3 aliphatic rings. The standard InChI is InChI=1S/C19H28N4O3/c1-14-10-21-18(22-11-14)20-6-2-16-5-9-26-19(16)12-23(13-19)17(24)15-3-7-25-8-4-15/h10-11,15-16H,2-9,12-13H2,1H3,(H,20,21,22)/t16-/m0/s1. The van der Waals surface area contributed by atoms with Crippen molar-refractivity contribution in [3.63, 3.8) is 0 Å². The SMILES string of the molecule is Cc1cnc(NCC[C@H]2CCOC23CN(C(=O)C2CCOCC2)C3)nc1. The second-order valence-electron chi connectivity index (χ2n) is 7.78. The van der Waals surface area contributed by atoms with Crippen LogP contribution in [0.4, 0.5) is 5.95 Å². The van der Waals surface area contributed by atoms with Gasteiger partial charge in [-0.25, -0.2) is 9.97 Å². The number of rotatable bonds is 5. The van der Waals surface area contributed by atoms with Crippen molar-refractivity contribution in [3.05, 3.63) is 18.0 Å². The summed E-state index contributed by atoms with van der Waals surface area (Å²) >= 11 is 0. The van der Waals surface area contributed by atoms with Crippen molar-refractivity contribution >= 4 is 11.9 Å². The number of hydrogen-bond donors (Lipinski definition) is 1. The van der Waals surface area contributed by atoms with Gasteiger partial charge in [-0.1, -0.05) is 0 Å². The Morgan fingerprint density at radius 3 is 2.69 bits per heavy atom. The molecule has 0 saturated carbocycles. The molecule has 1 N–H and O–H groups in total. The molecule has 0 bridgehead atoms. The Hall–Kier alpha value is -1.73. The zero-order valence-electron chi connectivity index (χ0n) is 15.4. The first kappa shape index (κ1) is 17.7. The maximum Gasteiger partial charge on any atom is 0.226 e. The van der Waals surface area contributed by atoms with Crippen molar-refractivity contribution in [3.8, 4) is 0 Å². The molecule has 1 aromatic rings. The predicted molar refractivity (Wildman–Crippen MR) is 96.8 cm³/mol. The van der Waals surface area contributed by atoms with Crippen molar-refractivity contribution in [2.24, 2.45) is 11.8 Å². The van der Waals surface area contributed by atoms with E-state index in [1.54, 1.807) is 0 Å². The molecule has 0 aromatic carbocycles. The number of anilines is 1. The van der Waals surface area contributed by atoms with E-state index in [-0.39, 0.29) is 11.5 Å². The van der Waals surface area contributed by atoms with Gasteiger partial charge in [-0.15, -0.1) is 0 Å². The van der Waals surface area contributed by atoms with Gasteiger partial charge >= 0.3 is 0 Å². The first-order chi connectivity index (χ1) is 12.7. The highest BCUT2D eigenvalue weighted by Gasteiger charge is 2.54. The van der Waals surface area contributed by atoms with Crippen LogP contribution >= 0.6 is 0 Å². The summed E-state index contributed by atoms with van der Waals surface area (Å²) in [5.74, 6) is 1.59. The lowest BCUT2D eigenvalue weighted by molar-refractivity contribution is -0.171. The molecule has 7 heteroatoms. The number of aryl methyl sites for hydroxylation is 1. The Morgan fingerprint density at radius 1 is 1.23 bits per heavy atom. The summed E-state index contributed by atoms with van der Waals surface area (Å²) in [4.78, 5) is 23.2. The van der Waals surface area contributed by atoms with Gasteiger partial charge in [-0.05, 0) is 44.1 Å². The molecular formula is C19H28N4O3. The quantitative estimate of drug-likeness (QED) is 0.860. The highest BCUT2D eigenvalue weighted by molar-refractivity contribution is 5.80. The van der Waals surface area contributed by atoms with Crippen LogP contribution in [0, 0.1) is 18.8 Å². The van der Waals surface area contributed by atoms with E-state index in [4.69, 9.17) is 9.47 Å². The van der Waals surface area contributed by atoms with Crippen molar-refractivity contribution in [1.29, 1.82) is 0 Å². The average molecular weight is 360 g/mol. The molecule has 3 aliphatic heterocycles. The second kappa shape index (κ2) is 7.48.